The predicted molar refractivity (Wildman–Crippen MR) is 116 cm³/mol. The van der Waals surface area contributed by atoms with Gasteiger partial charge in [-0.05, 0) is 42.7 Å². The summed E-state index contributed by atoms with van der Waals surface area (Å²) in [5.41, 5.74) is 11.6. The molecule has 1 fully saturated rings. The van der Waals surface area contributed by atoms with Crippen LogP contribution in [0.2, 0.25) is 0 Å². The summed E-state index contributed by atoms with van der Waals surface area (Å²) in [5.74, 6) is 0.474. The van der Waals surface area contributed by atoms with E-state index < -0.39 is 24.1 Å². The Morgan fingerprint density at radius 2 is 1.87 bits per heavy atom. The number of piperidine rings is 1. The molecule has 1 atom stereocenters. The van der Waals surface area contributed by atoms with Gasteiger partial charge in [0.2, 0.25) is 0 Å². The average Bonchev–Trinajstić information content (AvgIpc) is 3.16. The van der Waals surface area contributed by atoms with Crippen LogP contribution in [-0.4, -0.2) is 56.3 Å². The first-order valence-electron chi connectivity index (χ1n) is 9.50. The number of ether oxygens (including phenoxy) is 3. The number of rotatable bonds is 6. The number of carbonyl (C=O) groups excluding carboxylic acids is 3. The number of nitrogens with zero attached hydrogens (tertiary/aromatic N) is 1. The second-order valence-electron chi connectivity index (χ2n) is 6.87. The van der Waals surface area contributed by atoms with Crippen molar-refractivity contribution in [2.45, 2.75) is 18.9 Å². The molecule has 0 aliphatic carbocycles. The molecular formula is C20H24N4O6S. The van der Waals surface area contributed by atoms with Gasteiger partial charge in [0.25, 0.3) is 0 Å². The topological polar surface area (TPSA) is 146 Å². The van der Waals surface area contributed by atoms with Crippen molar-refractivity contribution in [2.75, 3.05) is 32.6 Å². The van der Waals surface area contributed by atoms with Crippen LogP contribution in [0.1, 0.15) is 22.5 Å². The molecule has 1 unspecified atom stereocenters. The van der Waals surface area contributed by atoms with Crippen molar-refractivity contribution >= 4 is 35.1 Å². The molecule has 1 aliphatic heterocycles. The van der Waals surface area contributed by atoms with E-state index in [-0.39, 0.29) is 17.1 Å². The number of hydrogen-bond donors (Lipinski definition) is 3. The lowest BCUT2D eigenvalue weighted by molar-refractivity contribution is 0.0134. The van der Waals surface area contributed by atoms with E-state index in [0.29, 0.717) is 35.8 Å². The van der Waals surface area contributed by atoms with Crippen molar-refractivity contribution in [3.8, 4) is 21.9 Å². The first kappa shape index (κ1) is 22.2. The molecule has 3 rings (SSSR count). The number of hydrogen-bond acceptors (Lipinski definition) is 7. The van der Waals surface area contributed by atoms with Crippen LogP contribution in [0.4, 0.5) is 15.3 Å². The molecule has 1 aromatic heterocycles. The van der Waals surface area contributed by atoms with Crippen LogP contribution in [0.5, 0.6) is 11.5 Å². The van der Waals surface area contributed by atoms with Crippen LogP contribution < -0.4 is 26.3 Å². The number of urea groups is 2. The minimum atomic E-state index is -0.803. The number of methoxy groups -OCH3 is 2. The molecule has 0 saturated carbocycles. The average molecular weight is 449 g/mol. The number of nitrogens with two attached hydrogens (primary N) is 2. The van der Waals surface area contributed by atoms with Crippen LogP contribution in [0, 0.1) is 0 Å². The lowest BCUT2D eigenvalue weighted by atomic mass is 10.1. The Balaban J connectivity index is 1.87. The number of benzene rings is 1. The minimum absolute atomic E-state index is 0.194. The first-order valence-corrected chi connectivity index (χ1v) is 10.3. The van der Waals surface area contributed by atoms with E-state index in [1.807, 2.05) is 6.07 Å². The van der Waals surface area contributed by atoms with Gasteiger partial charge in [-0.25, -0.2) is 14.4 Å². The highest BCUT2D eigenvalue weighted by Gasteiger charge is 2.28. The van der Waals surface area contributed by atoms with Crippen LogP contribution in [0.15, 0.2) is 24.3 Å². The highest BCUT2D eigenvalue weighted by Crippen LogP contribution is 2.39. The van der Waals surface area contributed by atoms with Crippen molar-refractivity contribution in [2.24, 2.45) is 11.5 Å². The molecule has 0 radical (unpaired) electrons. The number of amides is 4. The monoisotopic (exact) mass is 448 g/mol. The summed E-state index contributed by atoms with van der Waals surface area (Å²) in [5, 5.41) is 2.47. The Labute approximate surface area is 183 Å². The summed E-state index contributed by atoms with van der Waals surface area (Å²) in [7, 11) is 3.06. The fourth-order valence-electron chi connectivity index (χ4n) is 3.34. The van der Waals surface area contributed by atoms with Gasteiger partial charge in [-0.1, -0.05) is 0 Å². The fraction of sp³-hybridized carbons (Fsp3) is 0.350. The number of carbonyl (C=O) groups is 3. The Kier molecular flexibility index (Phi) is 6.85. The van der Waals surface area contributed by atoms with Crippen LogP contribution >= 0.6 is 11.3 Å². The summed E-state index contributed by atoms with van der Waals surface area (Å²) in [6.45, 7) is 0.758. The number of thiophene rings is 1. The predicted octanol–water partition coefficient (Wildman–Crippen LogP) is 2.62. The lowest BCUT2D eigenvalue weighted by Crippen LogP contribution is -2.46. The number of anilines is 1. The molecule has 0 spiro atoms. The normalized spacial score (nSPS) is 15.8. The standard InChI is InChI=1S/C20H24N4O6S/c1-28-14-6-5-11(8-15(14)29-2)16-9-13(23-19(21)26)17(31-16)18(25)30-12-4-3-7-24(10-12)20(22)27/h5-6,8-9,12H,3-4,7,10H2,1-2H3,(H2,22,27)(H3,21,23,26). The third-order valence-electron chi connectivity index (χ3n) is 4.81. The quantitative estimate of drug-likeness (QED) is 0.579. The van der Waals surface area contributed by atoms with Gasteiger partial charge < -0.3 is 35.9 Å². The third kappa shape index (κ3) is 5.18. The van der Waals surface area contributed by atoms with Gasteiger partial charge in [0.1, 0.15) is 11.0 Å². The highest BCUT2D eigenvalue weighted by molar-refractivity contribution is 7.18. The van der Waals surface area contributed by atoms with Gasteiger partial charge in [-0.3, -0.25) is 0 Å². The summed E-state index contributed by atoms with van der Waals surface area (Å²) >= 11 is 1.14. The molecular weight excluding hydrogens is 424 g/mol. The number of esters is 1. The molecule has 10 nitrogen and oxygen atoms in total. The summed E-state index contributed by atoms with van der Waals surface area (Å²) in [6.07, 6.45) is 0.804. The van der Waals surface area contributed by atoms with E-state index in [4.69, 9.17) is 25.7 Å². The Morgan fingerprint density at radius 3 is 2.52 bits per heavy atom. The number of nitrogens with one attached hydrogen (secondary N) is 1. The molecule has 1 aromatic carbocycles. The number of likely N-dealkylation sites (tertiary alicyclic amines) is 1. The van der Waals surface area contributed by atoms with Crippen LogP contribution in [-0.2, 0) is 4.74 Å². The molecule has 2 heterocycles. The van der Waals surface area contributed by atoms with Crippen LogP contribution in [0.25, 0.3) is 10.4 Å². The molecule has 0 bridgehead atoms. The van der Waals surface area contributed by atoms with E-state index in [1.54, 1.807) is 18.2 Å². The molecule has 1 saturated heterocycles. The summed E-state index contributed by atoms with van der Waals surface area (Å²) < 4.78 is 16.2. The molecule has 2 aromatic rings. The molecule has 4 amide bonds. The Hall–Kier alpha value is -3.47. The van der Waals surface area contributed by atoms with Crippen molar-refractivity contribution < 1.29 is 28.6 Å². The van der Waals surface area contributed by atoms with E-state index >= 15 is 0 Å². The molecule has 31 heavy (non-hydrogen) atoms. The van der Waals surface area contributed by atoms with Crippen LogP contribution in [0.3, 0.4) is 0 Å². The van der Waals surface area contributed by atoms with E-state index in [2.05, 4.69) is 5.32 Å². The maximum atomic E-state index is 12.9. The van der Waals surface area contributed by atoms with E-state index in [9.17, 15) is 14.4 Å². The van der Waals surface area contributed by atoms with Crippen molar-refractivity contribution in [3.05, 3.63) is 29.1 Å². The van der Waals surface area contributed by atoms with E-state index in [0.717, 1.165) is 16.9 Å². The lowest BCUT2D eigenvalue weighted by Gasteiger charge is -2.31. The zero-order valence-corrected chi connectivity index (χ0v) is 18.0. The molecule has 11 heteroatoms. The largest absolute Gasteiger partial charge is 0.493 e. The van der Waals surface area contributed by atoms with Crippen molar-refractivity contribution in [3.63, 3.8) is 0 Å². The maximum Gasteiger partial charge on any atom is 0.350 e. The zero-order valence-electron chi connectivity index (χ0n) is 17.2. The molecule has 166 valence electrons. The zero-order chi connectivity index (χ0) is 22.5. The maximum absolute atomic E-state index is 12.9. The highest BCUT2D eigenvalue weighted by atomic mass is 32.1. The van der Waals surface area contributed by atoms with E-state index in [1.165, 1.54) is 19.1 Å². The number of primary amides is 2. The van der Waals surface area contributed by atoms with Gasteiger partial charge in [0.15, 0.2) is 11.5 Å². The SMILES string of the molecule is COc1ccc(-c2cc(NC(N)=O)c(C(=O)OC3CCCN(C(N)=O)C3)s2)cc1OC. The second kappa shape index (κ2) is 9.56. The molecule has 1 aliphatic rings. The van der Waals surface area contributed by atoms with Gasteiger partial charge in [0, 0.05) is 11.4 Å². The minimum Gasteiger partial charge on any atom is -0.493 e. The van der Waals surface area contributed by atoms with Gasteiger partial charge >= 0.3 is 18.0 Å². The summed E-state index contributed by atoms with van der Waals surface area (Å²) in [6, 6.07) is 5.60. The Bertz CT molecular complexity index is 992. The second-order valence-corrected chi connectivity index (χ2v) is 7.92. The first-order chi connectivity index (χ1) is 14.8. The van der Waals surface area contributed by atoms with Gasteiger partial charge in [0.05, 0.1) is 26.5 Å². The molecule has 5 N–H and O–H groups in total. The third-order valence-corrected chi connectivity index (χ3v) is 5.97. The smallest absolute Gasteiger partial charge is 0.350 e. The Morgan fingerprint density at radius 1 is 1.13 bits per heavy atom. The van der Waals surface area contributed by atoms with Crippen molar-refractivity contribution in [1.29, 1.82) is 0 Å². The van der Waals surface area contributed by atoms with Gasteiger partial charge in [-0.15, -0.1) is 11.3 Å². The fourth-order valence-corrected chi connectivity index (χ4v) is 4.33. The van der Waals surface area contributed by atoms with Crippen molar-refractivity contribution in [1.82, 2.24) is 4.90 Å². The summed E-state index contributed by atoms with van der Waals surface area (Å²) in [4.78, 5) is 38.1. The van der Waals surface area contributed by atoms with Gasteiger partial charge in [-0.2, -0.15) is 0 Å².